The summed E-state index contributed by atoms with van der Waals surface area (Å²) in [4.78, 5) is -0.135. The molecule has 0 radical (unpaired) electrons. The first-order chi connectivity index (χ1) is 14.6. The predicted molar refractivity (Wildman–Crippen MR) is 107 cm³/mol. The van der Waals surface area contributed by atoms with Crippen LogP contribution in [0.25, 0.3) is 0 Å². The van der Waals surface area contributed by atoms with Crippen molar-refractivity contribution in [2.45, 2.75) is 54.3 Å². The molecule has 2 saturated heterocycles. The van der Waals surface area contributed by atoms with Gasteiger partial charge >= 0.3 is 0 Å². The second-order valence-electron chi connectivity index (χ2n) is 7.52. The number of aliphatic hydroxyl groups is 1. The molecule has 11 heteroatoms. The normalized spacial score (nSPS) is 28.5. The molecule has 2 heterocycles. The van der Waals surface area contributed by atoms with E-state index in [1.165, 1.54) is 24.3 Å². The van der Waals surface area contributed by atoms with E-state index < -0.39 is 50.9 Å². The van der Waals surface area contributed by atoms with Crippen molar-refractivity contribution in [3.05, 3.63) is 59.7 Å². The monoisotopic (exact) mass is 470 g/mol. The first-order valence-electron chi connectivity index (χ1n) is 9.52. The Morgan fingerprint density at radius 1 is 0.839 bits per heavy atom. The number of aliphatic hydroxyl groups excluding tert-OH is 1. The predicted octanol–water partition coefficient (Wildman–Crippen LogP) is 1.27. The third kappa shape index (κ3) is 4.53. The van der Waals surface area contributed by atoms with Gasteiger partial charge in [-0.1, -0.05) is 35.4 Å². The number of fused-ring (bicyclic) bond motifs is 2. The van der Waals surface area contributed by atoms with Gasteiger partial charge in [-0.2, -0.15) is 16.8 Å². The molecule has 5 atom stereocenters. The summed E-state index contributed by atoms with van der Waals surface area (Å²) >= 11 is 0. The molecule has 2 bridgehead atoms. The molecule has 2 aliphatic heterocycles. The lowest BCUT2D eigenvalue weighted by Crippen LogP contribution is -2.44. The number of rotatable bonds is 6. The Hall–Kier alpha value is -1.86. The second-order valence-corrected chi connectivity index (χ2v) is 10.7. The van der Waals surface area contributed by atoms with Crippen molar-refractivity contribution in [3.63, 3.8) is 0 Å². The van der Waals surface area contributed by atoms with Gasteiger partial charge in [0, 0.05) is 0 Å². The van der Waals surface area contributed by atoms with Crippen LogP contribution in [0.1, 0.15) is 11.1 Å². The largest absolute Gasteiger partial charge is 0.387 e. The molecule has 168 valence electrons. The minimum atomic E-state index is -4.21. The summed E-state index contributed by atoms with van der Waals surface area (Å²) in [6.07, 6.45) is -6.34. The van der Waals surface area contributed by atoms with Gasteiger partial charge in [-0.05, 0) is 38.1 Å². The van der Waals surface area contributed by atoms with E-state index >= 15 is 0 Å². The van der Waals surface area contributed by atoms with Crippen LogP contribution in [-0.4, -0.2) is 59.3 Å². The van der Waals surface area contributed by atoms with E-state index in [0.29, 0.717) is 0 Å². The minimum Gasteiger partial charge on any atom is -0.387 e. The molecule has 2 aromatic rings. The Kier molecular flexibility index (Phi) is 5.94. The van der Waals surface area contributed by atoms with Gasteiger partial charge in [0.25, 0.3) is 20.2 Å². The molecule has 0 saturated carbocycles. The highest BCUT2D eigenvalue weighted by atomic mass is 32.2. The van der Waals surface area contributed by atoms with Crippen LogP contribution in [0.4, 0.5) is 0 Å². The van der Waals surface area contributed by atoms with Gasteiger partial charge < -0.3 is 14.6 Å². The highest BCUT2D eigenvalue weighted by molar-refractivity contribution is 7.87. The van der Waals surface area contributed by atoms with Gasteiger partial charge in [-0.15, -0.1) is 0 Å². The maximum absolute atomic E-state index is 12.6. The Morgan fingerprint density at radius 2 is 1.32 bits per heavy atom. The molecule has 1 N–H and O–H groups in total. The standard InChI is InChI=1S/C20H22O9S2/c1-12-3-7-14(8-4-12)30(22,23)28-16-11-26-20-19(17(21)18(16)27-20)29-31(24,25)15-9-5-13(2)6-10-15/h3-10,16-21H,11H2,1-2H3/t16-,17-,18+,19+,20+/m1/s1. The fraction of sp³-hybridized carbons (Fsp3) is 0.400. The van der Waals surface area contributed by atoms with E-state index in [-0.39, 0.29) is 16.4 Å². The molecule has 2 aromatic carbocycles. The van der Waals surface area contributed by atoms with Crippen LogP contribution in [0, 0.1) is 13.8 Å². The van der Waals surface area contributed by atoms with Crippen molar-refractivity contribution in [3.8, 4) is 0 Å². The summed E-state index contributed by atoms with van der Waals surface area (Å²) in [5, 5.41) is 10.6. The molecule has 0 amide bonds. The van der Waals surface area contributed by atoms with Gasteiger partial charge in [0.05, 0.1) is 16.4 Å². The van der Waals surface area contributed by atoms with Gasteiger partial charge in [0.1, 0.15) is 18.3 Å². The highest BCUT2D eigenvalue weighted by Crippen LogP contribution is 2.35. The summed E-state index contributed by atoms with van der Waals surface area (Å²) in [5.41, 5.74) is 1.75. The van der Waals surface area contributed by atoms with E-state index in [2.05, 4.69) is 0 Å². The number of ether oxygens (including phenoxy) is 2. The Labute approximate surface area is 180 Å². The molecule has 0 spiro atoms. The number of benzene rings is 2. The van der Waals surface area contributed by atoms with Crippen LogP contribution in [0.2, 0.25) is 0 Å². The molecule has 2 fully saturated rings. The molecule has 0 aliphatic carbocycles. The van der Waals surface area contributed by atoms with Crippen LogP contribution in [-0.2, 0) is 38.1 Å². The van der Waals surface area contributed by atoms with Crippen molar-refractivity contribution in [1.29, 1.82) is 0 Å². The van der Waals surface area contributed by atoms with Crippen LogP contribution in [0.3, 0.4) is 0 Å². The quantitative estimate of drug-likeness (QED) is 0.621. The summed E-state index contributed by atoms with van der Waals surface area (Å²) in [6.45, 7) is 3.41. The number of hydrogen-bond acceptors (Lipinski definition) is 9. The average molecular weight is 471 g/mol. The maximum Gasteiger partial charge on any atom is 0.297 e. The number of hydrogen-bond donors (Lipinski definition) is 1. The van der Waals surface area contributed by atoms with Gasteiger partial charge in [0.2, 0.25) is 0 Å². The van der Waals surface area contributed by atoms with E-state index in [9.17, 15) is 21.9 Å². The third-order valence-corrected chi connectivity index (χ3v) is 7.81. The zero-order valence-corrected chi connectivity index (χ0v) is 18.4. The topological polar surface area (TPSA) is 125 Å². The summed E-state index contributed by atoms with van der Waals surface area (Å²) in [7, 11) is -8.37. The highest BCUT2D eigenvalue weighted by Gasteiger charge is 2.55. The molecule has 31 heavy (non-hydrogen) atoms. The molecule has 0 unspecified atom stereocenters. The maximum atomic E-state index is 12.6. The van der Waals surface area contributed by atoms with E-state index in [1.54, 1.807) is 24.3 Å². The first-order valence-corrected chi connectivity index (χ1v) is 12.3. The van der Waals surface area contributed by atoms with E-state index in [4.69, 9.17) is 17.8 Å². The van der Waals surface area contributed by atoms with Gasteiger partial charge in [0.15, 0.2) is 12.4 Å². The fourth-order valence-corrected chi connectivity index (χ4v) is 5.55. The Morgan fingerprint density at radius 3 is 1.84 bits per heavy atom. The summed E-state index contributed by atoms with van der Waals surface area (Å²) in [5.74, 6) is 0. The van der Waals surface area contributed by atoms with Crippen LogP contribution >= 0.6 is 0 Å². The van der Waals surface area contributed by atoms with Crippen molar-refractivity contribution >= 4 is 20.2 Å². The molecule has 9 nitrogen and oxygen atoms in total. The second kappa shape index (κ2) is 8.24. The lowest BCUT2D eigenvalue weighted by atomic mass is 10.1. The summed E-state index contributed by atoms with van der Waals surface area (Å²) < 4.78 is 71.6. The van der Waals surface area contributed by atoms with Gasteiger partial charge in [-0.25, -0.2) is 0 Å². The Bertz CT molecular complexity index is 1140. The van der Waals surface area contributed by atoms with E-state index in [1.807, 2.05) is 13.8 Å². The number of aryl methyl sites for hydroxylation is 2. The smallest absolute Gasteiger partial charge is 0.297 e. The van der Waals surface area contributed by atoms with Crippen LogP contribution < -0.4 is 0 Å². The van der Waals surface area contributed by atoms with Gasteiger partial charge in [-0.3, -0.25) is 8.37 Å². The summed E-state index contributed by atoms with van der Waals surface area (Å²) in [6, 6.07) is 12.1. The molecular formula is C20H22O9S2. The van der Waals surface area contributed by atoms with E-state index in [0.717, 1.165) is 11.1 Å². The molecule has 2 aliphatic rings. The first kappa shape index (κ1) is 22.3. The third-order valence-electron chi connectivity index (χ3n) is 5.13. The SMILES string of the molecule is Cc1ccc(S(=O)(=O)O[C@@H]2[C@H]3OC[C@@H](OS(=O)(=O)c4ccc(C)cc4)[C@H](O3)[C@H]2O)cc1. The lowest BCUT2D eigenvalue weighted by molar-refractivity contribution is -0.225. The molecule has 4 rings (SSSR count). The van der Waals surface area contributed by atoms with Crippen molar-refractivity contribution in [1.82, 2.24) is 0 Å². The average Bonchev–Trinajstić information content (AvgIpc) is 2.96. The lowest BCUT2D eigenvalue weighted by Gasteiger charge is -2.29. The minimum absolute atomic E-state index is 0.0533. The Balaban J connectivity index is 1.49. The van der Waals surface area contributed by atoms with Crippen molar-refractivity contribution < 1.29 is 39.8 Å². The molecule has 0 aromatic heterocycles. The van der Waals surface area contributed by atoms with Crippen molar-refractivity contribution in [2.75, 3.05) is 6.61 Å². The molecular weight excluding hydrogens is 448 g/mol. The van der Waals surface area contributed by atoms with Crippen molar-refractivity contribution in [2.24, 2.45) is 0 Å². The van der Waals surface area contributed by atoms with Crippen LogP contribution in [0.15, 0.2) is 58.3 Å². The van der Waals surface area contributed by atoms with Crippen LogP contribution in [0.5, 0.6) is 0 Å². The fourth-order valence-electron chi connectivity index (χ4n) is 3.40. The zero-order chi connectivity index (χ0) is 22.4. The zero-order valence-electron chi connectivity index (χ0n) is 16.7.